The van der Waals surface area contributed by atoms with Gasteiger partial charge in [-0.05, 0) is 13.8 Å². The molecule has 0 spiro atoms. The molecule has 0 bridgehead atoms. The topological polar surface area (TPSA) is 59.5 Å². The van der Waals surface area contributed by atoms with E-state index in [1.807, 2.05) is 20.2 Å². The number of aryl methyl sites for hydroxylation is 1. The van der Waals surface area contributed by atoms with Gasteiger partial charge >= 0.3 is 0 Å². The zero-order valence-corrected chi connectivity index (χ0v) is 12.4. The van der Waals surface area contributed by atoms with E-state index in [-0.39, 0.29) is 6.04 Å². The van der Waals surface area contributed by atoms with Gasteiger partial charge in [0.05, 0.1) is 19.3 Å². The van der Waals surface area contributed by atoms with Crippen molar-refractivity contribution >= 4 is 11.8 Å². The Kier molecular flexibility index (Phi) is 6.52. The fourth-order valence-corrected chi connectivity index (χ4v) is 1.90. The van der Waals surface area contributed by atoms with E-state index in [2.05, 4.69) is 27.1 Å². The van der Waals surface area contributed by atoms with Crippen molar-refractivity contribution < 1.29 is 9.47 Å². The zero-order valence-electron chi connectivity index (χ0n) is 12.4. The molecule has 0 aliphatic heterocycles. The summed E-state index contributed by atoms with van der Waals surface area (Å²) in [7, 11) is 5.22. The molecule has 1 heterocycles. The number of ether oxygens (including phenoxy) is 2. The van der Waals surface area contributed by atoms with Crippen LogP contribution < -0.4 is 10.2 Å². The molecule has 0 fully saturated rings. The lowest BCUT2D eigenvalue weighted by atomic mass is 10.2. The Morgan fingerprint density at radius 2 is 2.11 bits per heavy atom. The average Bonchev–Trinajstić information content (AvgIpc) is 2.41. The Hall–Kier alpha value is -1.40. The minimum atomic E-state index is 0.221. The minimum absolute atomic E-state index is 0.221. The van der Waals surface area contributed by atoms with E-state index < -0.39 is 0 Å². The van der Waals surface area contributed by atoms with Gasteiger partial charge in [0.1, 0.15) is 5.82 Å². The smallest absolute Gasteiger partial charge is 0.224 e. The van der Waals surface area contributed by atoms with E-state index in [9.17, 15) is 0 Å². The summed E-state index contributed by atoms with van der Waals surface area (Å²) in [6.07, 6.45) is 1.83. The summed E-state index contributed by atoms with van der Waals surface area (Å²) in [5, 5.41) is 2.97. The van der Waals surface area contributed by atoms with Gasteiger partial charge in [0.2, 0.25) is 5.95 Å². The van der Waals surface area contributed by atoms with Crippen LogP contribution in [-0.4, -0.2) is 57.0 Å². The van der Waals surface area contributed by atoms with Crippen LogP contribution >= 0.6 is 0 Å². The number of anilines is 2. The van der Waals surface area contributed by atoms with Crippen LogP contribution in [0.4, 0.5) is 11.8 Å². The molecule has 19 heavy (non-hydrogen) atoms. The molecule has 0 amide bonds. The second kappa shape index (κ2) is 7.91. The molecule has 1 N–H and O–H groups in total. The molecule has 6 nitrogen and oxygen atoms in total. The van der Waals surface area contributed by atoms with E-state index >= 15 is 0 Å². The number of rotatable bonds is 8. The quantitative estimate of drug-likeness (QED) is 0.767. The molecule has 0 saturated heterocycles. The molecule has 1 aromatic heterocycles. The molecule has 0 saturated carbocycles. The van der Waals surface area contributed by atoms with Crippen molar-refractivity contribution in [3.8, 4) is 0 Å². The average molecular weight is 268 g/mol. The summed E-state index contributed by atoms with van der Waals surface area (Å²) in [4.78, 5) is 10.9. The minimum Gasteiger partial charge on any atom is -0.383 e. The van der Waals surface area contributed by atoms with Gasteiger partial charge in [-0.25, -0.2) is 4.98 Å². The number of nitrogens with one attached hydrogen (secondary N) is 1. The van der Waals surface area contributed by atoms with Crippen molar-refractivity contribution in [2.75, 3.05) is 51.2 Å². The largest absolute Gasteiger partial charge is 0.383 e. The van der Waals surface area contributed by atoms with Gasteiger partial charge in [-0.1, -0.05) is 0 Å². The molecule has 0 aliphatic rings. The lowest BCUT2D eigenvalue weighted by Crippen LogP contribution is -2.39. The Morgan fingerprint density at radius 1 is 1.37 bits per heavy atom. The monoisotopic (exact) mass is 268 g/mol. The second-order valence-corrected chi connectivity index (χ2v) is 4.44. The fraction of sp³-hybridized carbons (Fsp3) is 0.692. The maximum absolute atomic E-state index is 5.24. The normalized spacial score (nSPS) is 12.3. The molecular formula is C13H24N4O2. The maximum Gasteiger partial charge on any atom is 0.224 e. The van der Waals surface area contributed by atoms with Crippen LogP contribution in [0.15, 0.2) is 6.20 Å². The van der Waals surface area contributed by atoms with Crippen LogP contribution in [0, 0.1) is 6.92 Å². The number of hydrogen-bond acceptors (Lipinski definition) is 6. The van der Waals surface area contributed by atoms with E-state index in [4.69, 9.17) is 9.47 Å². The van der Waals surface area contributed by atoms with Crippen molar-refractivity contribution in [3.63, 3.8) is 0 Å². The lowest BCUT2D eigenvalue weighted by Gasteiger charge is -2.30. The molecule has 1 atom stereocenters. The summed E-state index contributed by atoms with van der Waals surface area (Å²) in [6.45, 7) is 6.17. The molecule has 0 aliphatic carbocycles. The van der Waals surface area contributed by atoms with E-state index in [1.54, 1.807) is 14.2 Å². The molecule has 108 valence electrons. The van der Waals surface area contributed by atoms with Gasteiger partial charge < -0.3 is 19.7 Å². The summed E-state index contributed by atoms with van der Waals surface area (Å²) in [5.41, 5.74) is 1.04. The predicted molar refractivity (Wildman–Crippen MR) is 76.9 cm³/mol. The molecular weight excluding hydrogens is 244 g/mol. The highest BCUT2D eigenvalue weighted by Gasteiger charge is 2.18. The second-order valence-electron chi connectivity index (χ2n) is 4.44. The number of hydrogen-bond donors (Lipinski definition) is 1. The third-order valence-electron chi connectivity index (χ3n) is 2.92. The predicted octanol–water partition coefficient (Wildman–Crippen LogP) is 1.31. The maximum atomic E-state index is 5.24. The molecule has 1 aromatic rings. The van der Waals surface area contributed by atoms with Crippen LogP contribution in [0.1, 0.15) is 12.5 Å². The summed E-state index contributed by atoms with van der Waals surface area (Å²) in [5.74, 6) is 1.54. The zero-order chi connectivity index (χ0) is 14.3. The third-order valence-corrected chi connectivity index (χ3v) is 2.92. The first-order chi connectivity index (χ1) is 9.13. The van der Waals surface area contributed by atoms with Gasteiger partial charge in [0.25, 0.3) is 0 Å². The first-order valence-corrected chi connectivity index (χ1v) is 6.40. The van der Waals surface area contributed by atoms with Gasteiger partial charge in [-0.15, -0.1) is 0 Å². The molecule has 1 rings (SSSR count). The van der Waals surface area contributed by atoms with Crippen molar-refractivity contribution in [2.24, 2.45) is 0 Å². The number of aromatic nitrogens is 2. The lowest BCUT2D eigenvalue weighted by molar-refractivity contribution is 0.170. The summed E-state index contributed by atoms with van der Waals surface area (Å²) in [6, 6.07) is 0.221. The SMILES string of the molecule is CNc1ncc(C)c(N(CCOC)C(C)COC)n1. The Bertz CT molecular complexity index is 387. The van der Waals surface area contributed by atoms with Crippen LogP contribution in [0.3, 0.4) is 0 Å². The van der Waals surface area contributed by atoms with Crippen molar-refractivity contribution in [2.45, 2.75) is 19.9 Å². The third kappa shape index (κ3) is 4.33. The highest BCUT2D eigenvalue weighted by molar-refractivity contribution is 5.49. The molecule has 6 heteroatoms. The summed E-state index contributed by atoms with van der Waals surface area (Å²) >= 11 is 0. The Balaban J connectivity index is 3.00. The van der Waals surface area contributed by atoms with Crippen LogP contribution in [0.5, 0.6) is 0 Å². The first kappa shape index (κ1) is 15.7. The highest BCUT2D eigenvalue weighted by Crippen LogP contribution is 2.20. The highest BCUT2D eigenvalue weighted by atomic mass is 16.5. The Morgan fingerprint density at radius 3 is 2.68 bits per heavy atom. The van der Waals surface area contributed by atoms with Crippen molar-refractivity contribution in [3.05, 3.63) is 11.8 Å². The standard InChI is InChI=1S/C13H24N4O2/c1-10-8-15-13(14-3)16-12(10)17(6-7-18-4)11(2)9-19-5/h8,11H,6-7,9H2,1-5H3,(H,14,15,16). The number of methoxy groups -OCH3 is 2. The molecule has 0 radical (unpaired) electrons. The Labute approximate surface area is 115 Å². The first-order valence-electron chi connectivity index (χ1n) is 6.40. The number of nitrogens with zero attached hydrogens (tertiary/aromatic N) is 3. The van der Waals surface area contributed by atoms with Gasteiger partial charge in [0, 0.05) is 39.6 Å². The van der Waals surface area contributed by atoms with Gasteiger partial charge in [-0.2, -0.15) is 4.98 Å². The summed E-state index contributed by atoms with van der Waals surface area (Å²) < 4.78 is 10.4. The fourth-order valence-electron chi connectivity index (χ4n) is 1.90. The van der Waals surface area contributed by atoms with Crippen molar-refractivity contribution in [1.82, 2.24) is 9.97 Å². The van der Waals surface area contributed by atoms with Crippen LogP contribution in [0.2, 0.25) is 0 Å². The van der Waals surface area contributed by atoms with Gasteiger partial charge in [-0.3, -0.25) is 0 Å². The van der Waals surface area contributed by atoms with E-state index in [1.165, 1.54) is 0 Å². The van der Waals surface area contributed by atoms with Crippen LogP contribution in [0.25, 0.3) is 0 Å². The molecule has 0 aromatic carbocycles. The van der Waals surface area contributed by atoms with Crippen LogP contribution in [-0.2, 0) is 9.47 Å². The van der Waals surface area contributed by atoms with Crippen molar-refractivity contribution in [1.29, 1.82) is 0 Å². The van der Waals surface area contributed by atoms with Gasteiger partial charge in [0.15, 0.2) is 0 Å². The van der Waals surface area contributed by atoms with E-state index in [0.717, 1.165) is 17.9 Å². The molecule has 1 unspecified atom stereocenters. The van der Waals surface area contributed by atoms with E-state index in [0.29, 0.717) is 19.2 Å².